The quantitative estimate of drug-likeness (QED) is 0.859. The van der Waals surface area contributed by atoms with Gasteiger partial charge < -0.3 is 10.5 Å². The van der Waals surface area contributed by atoms with Gasteiger partial charge in [-0.15, -0.1) is 0 Å². The Labute approximate surface area is 121 Å². The number of rotatable bonds is 4. The summed E-state index contributed by atoms with van der Waals surface area (Å²) in [6.45, 7) is 1.92. The Kier molecular flexibility index (Phi) is 4.54. The van der Waals surface area contributed by atoms with Crippen molar-refractivity contribution in [2.24, 2.45) is 5.73 Å². The number of pyridine rings is 1. The molecule has 0 aliphatic carbocycles. The largest absolute Gasteiger partial charge is 0.482 e. The summed E-state index contributed by atoms with van der Waals surface area (Å²) in [5.41, 5.74) is 6.84. The predicted octanol–water partition coefficient (Wildman–Crippen LogP) is 3.15. The zero-order chi connectivity index (χ0) is 13.0. The zero-order valence-electron chi connectivity index (χ0n) is 10.1. The van der Waals surface area contributed by atoms with Gasteiger partial charge in [-0.2, -0.15) is 0 Å². The van der Waals surface area contributed by atoms with Crippen molar-refractivity contribution in [1.82, 2.24) is 4.98 Å². The number of halogens is 1. The Balaban J connectivity index is 2.22. The van der Waals surface area contributed by atoms with E-state index in [4.69, 9.17) is 10.5 Å². The first-order valence-corrected chi connectivity index (χ1v) is 6.83. The van der Waals surface area contributed by atoms with Crippen LogP contribution < -0.4 is 10.5 Å². The third kappa shape index (κ3) is 3.43. The number of hydrogen-bond donors (Lipinski definition) is 1. The molecule has 0 saturated carbocycles. The molecule has 1 aromatic heterocycles. The van der Waals surface area contributed by atoms with E-state index in [0.29, 0.717) is 0 Å². The minimum absolute atomic E-state index is 0.127. The lowest BCUT2D eigenvalue weighted by molar-refractivity contribution is 0.175. The molecule has 2 unspecified atom stereocenters. The lowest BCUT2D eigenvalue weighted by Crippen LogP contribution is -2.29. The molecule has 1 aromatic carbocycles. The second kappa shape index (κ2) is 6.15. The lowest BCUT2D eigenvalue weighted by atomic mass is 10.1. The standard InChI is InChI=1S/C14H15IN2O/c1-10(16)14(13-7-2-3-8-17-13)18-12-6-4-5-11(15)9-12/h2-10,14H,16H2,1H3. The summed E-state index contributed by atoms with van der Waals surface area (Å²) in [5, 5.41) is 0. The molecular weight excluding hydrogens is 339 g/mol. The van der Waals surface area contributed by atoms with E-state index in [9.17, 15) is 0 Å². The van der Waals surface area contributed by atoms with Gasteiger partial charge >= 0.3 is 0 Å². The molecule has 0 spiro atoms. The molecule has 2 aromatic rings. The van der Waals surface area contributed by atoms with Crippen molar-refractivity contribution in [2.75, 3.05) is 0 Å². The van der Waals surface area contributed by atoms with E-state index in [1.165, 1.54) is 0 Å². The van der Waals surface area contributed by atoms with Crippen LogP contribution in [0.15, 0.2) is 48.7 Å². The molecule has 0 saturated heterocycles. The fraction of sp³-hybridized carbons (Fsp3) is 0.214. The maximum absolute atomic E-state index is 5.99. The molecule has 3 nitrogen and oxygen atoms in total. The first-order chi connectivity index (χ1) is 8.66. The predicted molar refractivity (Wildman–Crippen MR) is 80.4 cm³/mol. The van der Waals surface area contributed by atoms with E-state index >= 15 is 0 Å². The summed E-state index contributed by atoms with van der Waals surface area (Å²) >= 11 is 2.26. The molecule has 2 rings (SSSR count). The van der Waals surface area contributed by atoms with Gasteiger partial charge in [-0.1, -0.05) is 12.1 Å². The Morgan fingerprint density at radius 1 is 1.22 bits per heavy atom. The van der Waals surface area contributed by atoms with Gasteiger partial charge in [-0.05, 0) is 59.8 Å². The van der Waals surface area contributed by atoms with Gasteiger partial charge in [0, 0.05) is 15.8 Å². The summed E-state index contributed by atoms with van der Waals surface area (Å²) in [5.74, 6) is 0.815. The van der Waals surface area contributed by atoms with Crippen LogP contribution in [-0.4, -0.2) is 11.0 Å². The normalized spacial score (nSPS) is 13.9. The third-order valence-electron chi connectivity index (χ3n) is 2.52. The number of nitrogens with two attached hydrogens (primary N) is 1. The van der Waals surface area contributed by atoms with Gasteiger partial charge in [0.25, 0.3) is 0 Å². The van der Waals surface area contributed by atoms with Crippen LogP contribution in [-0.2, 0) is 0 Å². The van der Waals surface area contributed by atoms with E-state index in [2.05, 4.69) is 27.6 Å². The molecule has 2 atom stereocenters. The summed E-state index contributed by atoms with van der Waals surface area (Å²) in [7, 11) is 0. The van der Waals surface area contributed by atoms with Crippen LogP contribution in [0.3, 0.4) is 0 Å². The second-order valence-electron chi connectivity index (χ2n) is 4.11. The van der Waals surface area contributed by atoms with Gasteiger partial charge in [0.15, 0.2) is 6.10 Å². The Morgan fingerprint density at radius 3 is 2.67 bits per heavy atom. The van der Waals surface area contributed by atoms with Crippen LogP contribution in [0.2, 0.25) is 0 Å². The van der Waals surface area contributed by atoms with E-state index in [1.54, 1.807) is 6.20 Å². The molecule has 0 radical (unpaired) electrons. The van der Waals surface area contributed by atoms with Crippen LogP contribution in [0.4, 0.5) is 0 Å². The van der Waals surface area contributed by atoms with Gasteiger partial charge in [0.2, 0.25) is 0 Å². The minimum Gasteiger partial charge on any atom is -0.482 e. The number of ether oxygens (including phenoxy) is 1. The highest BCUT2D eigenvalue weighted by molar-refractivity contribution is 14.1. The van der Waals surface area contributed by atoms with Crippen molar-refractivity contribution >= 4 is 22.6 Å². The molecule has 94 valence electrons. The van der Waals surface area contributed by atoms with Gasteiger partial charge in [-0.25, -0.2) is 0 Å². The Hall–Kier alpha value is -1.14. The molecular formula is C14H15IN2O. The maximum Gasteiger partial charge on any atom is 0.155 e. The fourth-order valence-electron chi connectivity index (χ4n) is 1.67. The smallest absolute Gasteiger partial charge is 0.155 e. The molecule has 0 fully saturated rings. The highest BCUT2D eigenvalue weighted by Crippen LogP contribution is 2.24. The Bertz CT molecular complexity index is 502. The number of hydrogen-bond acceptors (Lipinski definition) is 3. The van der Waals surface area contributed by atoms with Crippen molar-refractivity contribution in [2.45, 2.75) is 19.1 Å². The van der Waals surface area contributed by atoms with E-state index in [-0.39, 0.29) is 12.1 Å². The fourth-order valence-corrected chi connectivity index (χ4v) is 2.18. The van der Waals surface area contributed by atoms with Crippen LogP contribution in [0.5, 0.6) is 5.75 Å². The third-order valence-corrected chi connectivity index (χ3v) is 3.19. The minimum atomic E-state index is -0.232. The van der Waals surface area contributed by atoms with Crippen LogP contribution >= 0.6 is 22.6 Å². The monoisotopic (exact) mass is 354 g/mol. The number of aromatic nitrogens is 1. The van der Waals surface area contributed by atoms with Crippen LogP contribution in [0.1, 0.15) is 18.7 Å². The highest BCUT2D eigenvalue weighted by Gasteiger charge is 2.19. The Morgan fingerprint density at radius 2 is 2.06 bits per heavy atom. The number of nitrogens with zero attached hydrogens (tertiary/aromatic N) is 1. The summed E-state index contributed by atoms with van der Waals surface area (Å²) in [6, 6.07) is 13.5. The molecule has 0 aliphatic rings. The topological polar surface area (TPSA) is 48.1 Å². The highest BCUT2D eigenvalue weighted by atomic mass is 127. The van der Waals surface area contributed by atoms with Gasteiger partial charge in [-0.3, -0.25) is 4.98 Å². The van der Waals surface area contributed by atoms with Crippen molar-refractivity contribution in [3.8, 4) is 5.75 Å². The van der Waals surface area contributed by atoms with Gasteiger partial charge in [0.05, 0.1) is 5.69 Å². The molecule has 18 heavy (non-hydrogen) atoms. The van der Waals surface area contributed by atoms with Crippen molar-refractivity contribution in [3.63, 3.8) is 0 Å². The molecule has 1 heterocycles. The maximum atomic E-state index is 5.99. The van der Waals surface area contributed by atoms with Gasteiger partial charge in [0.1, 0.15) is 5.75 Å². The van der Waals surface area contributed by atoms with E-state index in [1.807, 2.05) is 49.4 Å². The molecule has 0 aliphatic heterocycles. The SMILES string of the molecule is CC(N)C(Oc1cccc(I)c1)c1ccccn1. The lowest BCUT2D eigenvalue weighted by Gasteiger charge is -2.22. The summed E-state index contributed by atoms with van der Waals surface area (Å²) < 4.78 is 7.08. The van der Waals surface area contributed by atoms with Crippen molar-refractivity contribution in [3.05, 3.63) is 57.9 Å². The first kappa shape index (κ1) is 13.3. The first-order valence-electron chi connectivity index (χ1n) is 5.75. The second-order valence-corrected chi connectivity index (χ2v) is 5.36. The molecule has 0 amide bonds. The summed E-state index contributed by atoms with van der Waals surface area (Å²) in [4.78, 5) is 4.31. The molecule has 4 heteroatoms. The van der Waals surface area contributed by atoms with Crippen LogP contribution in [0, 0.1) is 3.57 Å². The average molecular weight is 354 g/mol. The molecule has 0 bridgehead atoms. The molecule has 2 N–H and O–H groups in total. The average Bonchev–Trinajstić information content (AvgIpc) is 2.37. The van der Waals surface area contributed by atoms with E-state index in [0.717, 1.165) is 15.0 Å². The van der Waals surface area contributed by atoms with Crippen molar-refractivity contribution in [1.29, 1.82) is 0 Å². The zero-order valence-corrected chi connectivity index (χ0v) is 12.2. The number of benzene rings is 1. The summed E-state index contributed by atoms with van der Waals surface area (Å²) in [6.07, 6.45) is 1.52. The van der Waals surface area contributed by atoms with Crippen LogP contribution in [0.25, 0.3) is 0 Å². The van der Waals surface area contributed by atoms with Crippen molar-refractivity contribution < 1.29 is 4.74 Å². The van der Waals surface area contributed by atoms with E-state index < -0.39 is 0 Å².